The molecule has 25 rings (SSSR count). The molecule has 0 saturated carbocycles. The molecule has 2 atom stereocenters. The highest BCUT2D eigenvalue weighted by Crippen LogP contribution is 2.58. The molecule has 4 heterocycles. The zero-order valence-corrected chi connectivity index (χ0v) is 66.0. The first-order chi connectivity index (χ1) is 57.6. The number of hydrogen-bond donors (Lipinski definition) is 0. The van der Waals surface area contributed by atoms with Gasteiger partial charge in [-0.2, -0.15) is 0 Å². The van der Waals surface area contributed by atoms with Crippen LogP contribution < -0.4 is 31.8 Å². The number of nitrogens with zero attached hydrogens (tertiary/aromatic N) is 2. The maximum atomic E-state index is 15.6. The van der Waals surface area contributed by atoms with Gasteiger partial charge in [-0.25, -0.2) is 0 Å². The zero-order valence-electron chi connectivity index (χ0n) is 64.2. The van der Waals surface area contributed by atoms with Crippen LogP contribution in [-0.4, -0.2) is 9.13 Å². The van der Waals surface area contributed by atoms with Crippen LogP contribution in [0.5, 0.6) is 0 Å². The second kappa shape index (κ2) is 25.5. The molecule has 0 N–H and O–H groups in total. The first-order valence-corrected chi connectivity index (χ1v) is 43.8. The average molecular weight is 1530 g/mol. The van der Waals surface area contributed by atoms with Gasteiger partial charge in [-0.05, 0) is 198 Å². The molecule has 2 unspecified atom stereocenters. The van der Waals surface area contributed by atoms with E-state index >= 15 is 9.13 Å². The van der Waals surface area contributed by atoms with Crippen molar-refractivity contribution >= 4 is 154 Å². The molecule has 0 amide bonds. The highest BCUT2D eigenvalue weighted by Gasteiger charge is 2.43. The molecule has 2 aliphatic heterocycles. The van der Waals surface area contributed by atoms with E-state index < -0.39 is 14.3 Å². The number of fused-ring (bicyclic) bond motifs is 21. The van der Waals surface area contributed by atoms with E-state index in [0.717, 1.165) is 109 Å². The third-order valence-electron chi connectivity index (χ3n) is 25.9. The highest BCUT2D eigenvalue weighted by atomic mass is 31.2. The van der Waals surface area contributed by atoms with E-state index in [-0.39, 0.29) is 5.41 Å². The lowest BCUT2D eigenvalue weighted by atomic mass is 9.81. The standard InChI is InChI=1S/C58H36NOP.C53H36NOP/c60-61(44-18-2-1-3-19-44)55-25-13-11-21-46(55)51-35-54-50(36-56(51)61)45-20-10-12-24-53(45)59(54)43-30-31-49-52(34-43)58(42-29-27-38-15-5-7-17-40(38)33-42)48-23-9-8-22-47(48)57(49)41-28-26-37-14-4-6-16-39(37)32-41;1-53(2)45-25-13-10-18-35(45)36-29-28-33(30-46(36)53)51-39-21-6-8-23-41(39)52(42-24-9-7-22-40(42)51)54-47-26-14-11-19-37(47)43-32-50-44(31-48(43)54)38-20-12-15-27-49(38)56(50,55)34-16-4-3-5-17-34/h1-36H;3-32H,1-2H3. The molecule has 0 saturated heterocycles. The Labute approximate surface area is 676 Å². The molecule has 548 valence electrons. The van der Waals surface area contributed by atoms with Gasteiger partial charge in [0.25, 0.3) is 0 Å². The number of hydrogen-bond acceptors (Lipinski definition) is 2. The fourth-order valence-electron chi connectivity index (χ4n) is 20.7. The largest absolute Gasteiger partial charge is 0.309 e. The number of para-hydroxylation sites is 2. The Morgan fingerprint density at radius 3 is 1.13 bits per heavy atom. The Bertz CT molecular complexity index is 8130. The molecule has 4 nitrogen and oxygen atoms in total. The topological polar surface area (TPSA) is 44.0 Å². The van der Waals surface area contributed by atoms with Crippen LogP contribution in [0.3, 0.4) is 0 Å². The molecule has 117 heavy (non-hydrogen) atoms. The molecule has 0 radical (unpaired) electrons. The van der Waals surface area contributed by atoms with E-state index in [4.69, 9.17) is 0 Å². The number of aromatic nitrogens is 2. The third-order valence-corrected chi connectivity index (χ3v) is 32.2. The van der Waals surface area contributed by atoms with Crippen molar-refractivity contribution in [3.05, 3.63) is 412 Å². The summed E-state index contributed by atoms with van der Waals surface area (Å²) in [6, 6.07) is 144. The summed E-state index contributed by atoms with van der Waals surface area (Å²) >= 11 is 0. The third kappa shape index (κ3) is 9.72. The second-order valence-corrected chi connectivity index (χ2v) is 37.7. The minimum atomic E-state index is -3.12. The monoisotopic (exact) mass is 1530 g/mol. The molecular weight excluding hydrogens is 1460 g/mol. The summed E-state index contributed by atoms with van der Waals surface area (Å²) in [5.41, 5.74) is 23.6. The summed E-state index contributed by atoms with van der Waals surface area (Å²) in [5, 5.41) is 24.5. The van der Waals surface area contributed by atoms with Crippen molar-refractivity contribution in [2.45, 2.75) is 19.3 Å². The fraction of sp³-hybridized carbons (Fsp3) is 0.0270. The highest BCUT2D eigenvalue weighted by molar-refractivity contribution is 7.87. The van der Waals surface area contributed by atoms with Gasteiger partial charge < -0.3 is 18.3 Å². The van der Waals surface area contributed by atoms with Crippen LogP contribution >= 0.6 is 14.3 Å². The van der Waals surface area contributed by atoms with Crippen LogP contribution in [0.1, 0.15) is 25.0 Å². The van der Waals surface area contributed by atoms with Crippen molar-refractivity contribution in [3.63, 3.8) is 0 Å². The van der Waals surface area contributed by atoms with Gasteiger partial charge in [0.05, 0.1) is 27.8 Å². The van der Waals surface area contributed by atoms with E-state index in [1.54, 1.807) is 0 Å². The molecule has 0 fully saturated rings. The molecule has 0 bridgehead atoms. The Kier molecular flexibility index (Phi) is 14.7. The van der Waals surface area contributed by atoms with E-state index in [0.29, 0.717) is 0 Å². The minimum Gasteiger partial charge on any atom is -0.309 e. The lowest BCUT2D eigenvalue weighted by molar-refractivity contribution is 0.592. The Balaban J connectivity index is 0.000000135. The maximum absolute atomic E-state index is 15.6. The van der Waals surface area contributed by atoms with Crippen molar-refractivity contribution in [1.82, 2.24) is 9.13 Å². The Morgan fingerprint density at radius 2 is 0.598 bits per heavy atom. The van der Waals surface area contributed by atoms with E-state index in [9.17, 15) is 0 Å². The summed E-state index contributed by atoms with van der Waals surface area (Å²) < 4.78 is 36.2. The van der Waals surface area contributed by atoms with Crippen LogP contribution in [0.15, 0.2) is 400 Å². The van der Waals surface area contributed by atoms with Gasteiger partial charge in [0.2, 0.25) is 0 Å². The minimum absolute atomic E-state index is 0.0974. The van der Waals surface area contributed by atoms with E-state index in [2.05, 4.69) is 351 Å². The Morgan fingerprint density at radius 1 is 0.222 bits per heavy atom. The zero-order chi connectivity index (χ0) is 77.6. The average Bonchev–Trinajstić information content (AvgIpc) is 1.56. The van der Waals surface area contributed by atoms with Crippen LogP contribution in [0.4, 0.5) is 0 Å². The molecule has 20 aromatic carbocycles. The van der Waals surface area contributed by atoms with Crippen molar-refractivity contribution < 1.29 is 9.13 Å². The molecule has 1 aliphatic carbocycles. The summed E-state index contributed by atoms with van der Waals surface area (Å²) in [6.07, 6.45) is 0. The van der Waals surface area contributed by atoms with Crippen LogP contribution in [0.25, 0.3) is 186 Å². The normalized spacial score (nSPS) is 15.5. The van der Waals surface area contributed by atoms with Gasteiger partial charge in [-0.3, -0.25) is 0 Å². The van der Waals surface area contributed by atoms with Gasteiger partial charge in [0.15, 0.2) is 14.3 Å². The lowest BCUT2D eigenvalue weighted by Gasteiger charge is -2.23. The lowest BCUT2D eigenvalue weighted by Crippen LogP contribution is -2.20. The van der Waals surface area contributed by atoms with Crippen LogP contribution in [-0.2, 0) is 14.5 Å². The molecule has 22 aromatic rings. The summed E-state index contributed by atoms with van der Waals surface area (Å²) in [4.78, 5) is 0. The quantitative estimate of drug-likeness (QED) is 0.118. The molecular formula is C111H72N2O2P2. The SMILES string of the molecule is CC1(C)c2ccccc2-c2ccc(-c3c4ccccc4c(-n4c5ccccc5c5cc6c(cc54)-c4ccccc4P6(=O)c4ccccc4)c4ccccc34)cc21.O=P1(c2ccccc2)c2ccccc2-c2cc3c(cc21)c1ccccc1n3-c1ccc2c(-c3ccc4ccccc4c3)c3ccccc3c(-c3ccc4ccccc4c3)c2c1. The van der Waals surface area contributed by atoms with Gasteiger partial charge >= 0.3 is 0 Å². The maximum Gasteiger partial charge on any atom is 0.172 e. The predicted molar refractivity (Wildman–Crippen MR) is 497 cm³/mol. The van der Waals surface area contributed by atoms with Crippen molar-refractivity contribution in [3.8, 4) is 78.1 Å². The molecule has 0 spiro atoms. The first kappa shape index (κ1) is 67.5. The number of benzene rings is 20. The summed E-state index contributed by atoms with van der Waals surface area (Å²) in [5.74, 6) is 0. The smallest absolute Gasteiger partial charge is 0.172 e. The molecule has 2 aromatic heterocycles. The number of rotatable bonds is 7. The molecule has 6 heteroatoms. The van der Waals surface area contributed by atoms with Crippen molar-refractivity contribution in [2.24, 2.45) is 0 Å². The van der Waals surface area contributed by atoms with Crippen molar-refractivity contribution in [2.75, 3.05) is 0 Å². The second-order valence-electron chi connectivity index (χ2n) is 32.3. The van der Waals surface area contributed by atoms with Crippen LogP contribution in [0, 0.1) is 0 Å². The predicted octanol–water partition coefficient (Wildman–Crippen LogP) is 27.0. The van der Waals surface area contributed by atoms with E-state index in [1.807, 2.05) is 72.8 Å². The van der Waals surface area contributed by atoms with Gasteiger partial charge in [-0.1, -0.05) is 347 Å². The van der Waals surface area contributed by atoms with Gasteiger partial charge in [-0.15, -0.1) is 0 Å². The van der Waals surface area contributed by atoms with E-state index in [1.165, 1.54) is 120 Å². The fourth-order valence-corrected chi connectivity index (χ4v) is 26.8. The summed E-state index contributed by atoms with van der Waals surface area (Å²) in [6.45, 7) is 4.72. The van der Waals surface area contributed by atoms with Crippen LogP contribution in [0.2, 0.25) is 0 Å². The Hall–Kier alpha value is -14.0. The first-order valence-electron chi connectivity index (χ1n) is 40.4. The van der Waals surface area contributed by atoms with Gasteiger partial charge in [0, 0.05) is 75.2 Å². The summed E-state index contributed by atoms with van der Waals surface area (Å²) in [7, 11) is -6.23. The van der Waals surface area contributed by atoms with Gasteiger partial charge in [0.1, 0.15) is 0 Å². The van der Waals surface area contributed by atoms with Crippen molar-refractivity contribution in [1.29, 1.82) is 0 Å². The molecule has 3 aliphatic rings.